The number of hydrogen-bond donors (Lipinski definition) is 1. The Labute approximate surface area is 118 Å². The Kier molecular flexibility index (Phi) is 6.43. The molecule has 104 valence electrons. The number of ether oxygens (including phenoxy) is 1. The van der Waals surface area contributed by atoms with Crippen molar-refractivity contribution >= 4 is 23.6 Å². The summed E-state index contributed by atoms with van der Waals surface area (Å²) in [5.74, 6) is 0.189. The molecular formula is C15H19ClO3. The highest BCUT2D eigenvalue weighted by atomic mass is 35.5. The van der Waals surface area contributed by atoms with Gasteiger partial charge >= 0.3 is 5.97 Å². The molecule has 0 fully saturated rings. The summed E-state index contributed by atoms with van der Waals surface area (Å²) in [6.07, 6.45) is 4.73. The molecule has 0 aromatic heterocycles. The van der Waals surface area contributed by atoms with Crippen molar-refractivity contribution < 1.29 is 14.6 Å². The molecule has 4 heteroatoms. The van der Waals surface area contributed by atoms with E-state index >= 15 is 0 Å². The molecule has 1 N–H and O–H groups in total. The van der Waals surface area contributed by atoms with Gasteiger partial charge in [-0.2, -0.15) is 0 Å². The van der Waals surface area contributed by atoms with Gasteiger partial charge in [-0.15, -0.1) is 0 Å². The van der Waals surface area contributed by atoms with Gasteiger partial charge in [0, 0.05) is 6.08 Å². The number of carboxylic acids is 1. The summed E-state index contributed by atoms with van der Waals surface area (Å²) < 4.78 is 5.69. The molecule has 1 rings (SSSR count). The standard InChI is InChI=1S/C15H19ClO3/c1-3-11(4-2)10-19-14-7-5-12(9-13(14)16)6-8-15(17)18/h5-9,11H,3-4,10H2,1-2H3,(H,17,18)/b8-6+. The van der Waals surface area contributed by atoms with Gasteiger partial charge in [-0.1, -0.05) is 44.4 Å². The molecule has 0 amide bonds. The van der Waals surface area contributed by atoms with Crippen LogP contribution in [0.4, 0.5) is 0 Å². The Hall–Kier alpha value is -1.48. The summed E-state index contributed by atoms with van der Waals surface area (Å²) in [4.78, 5) is 10.4. The normalized spacial score (nSPS) is 11.2. The number of carboxylic acid groups (broad SMARTS) is 1. The van der Waals surface area contributed by atoms with Crippen LogP contribution >= 0.6 is 11.6 Å². The summed E-state index contributed by atoms with van der Waals surface area (Å²) in [7, 11) is 0. The van der Waals surface area contributed by atoms with Crippen LogP contribution < -0.4 is 4.74 Å². The zero-order valence-corrected chi connectivity index (χ0v) is 12.0. The van der Waals surface area contributed by atoms with Crippen molar-refractivity contribution in [3.8, 4) is 5.75 Å². The third-order valence-electron chi connectivity index (χ3n) is 3.00. The van der Waals surface area contributed by atoms with E-state index in [0.717, 1.165) is 24.5 Å². The Balaban J connectivity index is 2.69. The van der Waals surface area contributed by atoms with Crippen LogP contribution in [0.2, 0.25) is 5.02 Å². The van der Waals surface area contributed by atoms with Gasteiger partial charge in [0.2, 0.25) is 0 Å². The van der Waals surface area contributed by atoms with Crippen molar-refractivity contribution in [1.82, 2.24) is 0 Å². The van der Waals surface area contributed by atoms with E-state index in [4.69, 9.17) is 21.4 Å². The second kappa shape index (κ2) is 7.85. The van der Waals surface area contributed by atoms with Crippen LogP contribution in [-0.2, 0) is 4.79 Å². The average Bonchev–Trinajstić information content (AvgIpc) is 2.39. The molecule has 19 heavy (non-hydrogen) atoms. The lowest BCUT2D eigenvalue weighted by molar-refractivity contribution is -0.131. The zero-order valence-electron chi connectivity index (χ0n) is 11.2. The van der Waals surface area contributed by atoms with E-state index in [-0.39, 0.29) is 0 Å². The first-order valence-electron chi connectivity index (χ1n) is 6.40. The molecule has 0 heterocycles. The first kappa shape index (κ1) is 15.6. The molecule has 1 aromatic carbocycles. The molecular weight excluding hydrogens is 264 g/mol. The van der Waals surface area contributed by atoms with Crippen molar-refractivity contribution in [2.24, 2.45) is 5.92 Å². The van der Waals surface area contributed by atoms with E-state index in [9.17, 15) is 4.79 Å². The predicted octanol–water partition coefficient (Wildman–Crippen LogP) is 4.25. The fraction of sp³-hybridized carbons (Fsp3) is 0.400. The number of aliphatic carboxylic acids is 1. The molecule has 3 nitrogen and oxygen atoms in total. The van der Waals surface area contributed by atoms with Crippen molar-refractivity contribution in [1.29, 1.82) is 0 Å². The van der Waals surface area contributed by atoms with E-state index in [2.05, 4.69) is 13.8 Å². The summed E-state index contributed by atoms with van der Waals surface area (Å²) in [5, 5.41) is 9.05. The lowest BCUT2D eigenvalue weighted by Gasteiger charge is -2.14. The lowest BCUT2D eigenvalue weighted by Crippen LogP contribution is -2.10. The van der Waals surface area contributed by atoms with Gasteiger partial charge in [0.25, 0.3) is 0 Å². The predicted molar refractivity (Wildman–Crippen MR) is 77.7 cm³/mol. The molecule has 1 aromatic rings. The quantitative estimate of drug-likeness (QED) is 0.760. The zero-order chi connectivity index (χ0) is 14.3. The topological polar surface area (TPSA) is 46.5 Å². The second-order valence-corrected chi connectivity index (χ2v) is 4.76. The molecule has 0 spiro atoms. The van der Waals surface area contributed by atoms with Crippen molar-refractivity contribution in [3.63, 3.8) is 0 Å². The highest BCUT2D eigenvalue weighted by Crippen LogP contribution is 2.27. The molecule has 0 saturated carbocycles. The fourth-order valence-electron chi connectivity index (χ4n) is 1.64. The highest BCUT2D eigenvalue weighted by Gasteiger charge is 2.07. The molecule has 0 atom stereocenters. The fourth-order valence-corrected chi connectivity index (χ4v) is 1.88. The maximum absolute atomic E-state index is 10.4. The summed E-state index contributed by atoms with van der Waals surface area (Å²) in [5.41, 5.74) is 0.738. The number of rotatable bonds is 7. The molecule has 0 aliphatic heterocycles. The van der Waals surface area contributed by atoms with Crippen LogP contribution in [0.1, 0.15) is 32.3 Å². The highest BCUT2D eigenvalue weighted by molar-refractivity contribution is 6.32. The van der Waals surface area contributed by atoms with E-state index in [1.807, 2.05) is 0 Å². The van der Waals surface area contributed by atoms with Crippen LogP contribution in [0, 0.1) is 5.92 Å². The average molecular weight is 283 g/mol. The number of hydrogen-bond acceptors (Lipinski definition) is 2. The van der Waals surface area contributed by atoms with E-state index in [1.54, 1.807) is 18.2 Å². The molecule has 0 saturated heterocycles. The minimum Gasteiger partial charge on any atom is -0.492 e. The third-order valence-corrected chi connectivity index (χ3v) is 3.30. The minimum atomic E-state index is -0.981. The van der Waals surface area contributed by atoms with Gasteiger partial charge in [0.05, 0.1) is 11.6 Å². The Morgan fingerprint density at radius 2 is 2.11 bits per heavy atom. The van der Waals surface area contributed by atoms with Gasteiger partial charge < -0.3 is 9.84 Å². The SMILES string of the molecule is CCC(CC)COc1ccc(/C=C/C(=O)O)cc1Cl. The smallest absolute Gasteiger partial charge is 0.328 e. The van der Waals surface area contributed by atoms with Crippen LogP contribution in [0.5, 0.6) is 5.75 Å². The molecule has 0 aliphatic rings. The van der Waals surface area contributed by atoms with Crippen LogP contribution in [0.15, 0.2) is 24.3 Å². The van der Waals surface area contributed by atoms with Crippen molar-refractivity contribution in [2.75, 3.05) is 6.61 Å². The summed E-state index contributed by atoms with van der Waals surface area (Å²) in [6.45, 7) is 4.93. The second-order valence-electron chi connectivity index (χ2n) is 4.35. The molecule has 0 radical (unpaired) electrons. The van der Waals surface area contributed by atoms with Crippen LogP contribution in [0.3, 0.4) is 0 Å². The van der Waals surface area contributed by atoms with Crippen LogP contribution in [-0.4, -0.2) is 17.7 Å². The molecule has 0 unspecified atom stereocenters. The summed E-state index contributed by atoms with van der Waals surface area (Å²) >= 11 is 6.11. The maximum atomic E-state index is 10.4. The van der Waals surface area contributed by atoms with Crippen molar-refractivity contribution in [3.05, 3.63) is 34.9 Å². The van der Waals surface area contributed by atoms with E-state index in [0.29, 0.717) is 23.3 Å². The van der Waals surface area contributed by atoms with Gasteiger partial charge in [0.1, 0.15) is 5.75 Å². The first-order chi connectivity index (χ1) is 9.06. The van der Waals surface area contributed by atoms with Gasteiger partial charge in [-0.05, 0) is 29.7 Å². The summed E-state index contributed by atoms with van der Waals surface area (Å²) in [6, 6.07) is 5.25. The Morgan fingerprint density at radius 3 is 2.63 bits per heavy atom. The number of halogens is 1. The lowest BCUT2D eigenvalue weighted by atomic mass is 10.1. The molecule has 0 aliphatic carbocycles. The van der Waals surface area contributed by atoms with Gasteiger partial charge in [-0.25, -0.2) is 4.79 Å². The van der Waals surface area contributed by atoms with E-state index in [1.165, 1.54) is 6.08 Å². The van der Waals surface area contributed by atoms with Crippen LogP contribution in [0.25, 0.3) is 6.08 Å². The Morgan fingerprint density at radius 1 is 1.42 bits per heavy atom. The van der Waals surface area contributed by atoms with Gasteiger partial charge in [0.15, 0.2) is 0 Å². The number of carbonyl (C=O) groups is 1. The monoisotopic (exact) mass is 282 g/mol. The maximum Gasteiger partial charge on any atom is 0.328 e. The van der Waals surface area contributed by atoms with Crippen molar-refractivity contribution in [2.45, 2.75) is 26.7 Å². The van der Waals surface area contributed by atoms with E-state index < -0.39 is 5.97 Å². The minimum absolute atomic E-state index is 0.499. The first-order valence-corrected chi connectivity index (χ1v) is 6.78. The Bertz CT molecular complexity index is 451. The third kappa shape index (κ3) is 5.35. The van der Waals surface area contributed by atoms with Gasteiger partial charge in [-0.3, -0.25) is 0 Å². The number of benzene rings is 1. The molecule has 0 bridgehead atoms. The largest absolute Gasteiger partial charge is 0.492 e.